The summed E-state index contributed by atoms with van der Waals surface area (Å²) in [5, 5.41) is 0. The molecule has 132 valence electrons. The number of likely N-dealkylation sites (tertiary alicyclic amines) is 1. The normalized spacial score (nSPS) is 32.4. The number of ether oxygens (including phenoxy) is 1. The summed E-state index contributed by atoms with van der Waals surface area (Å²) in [7, 11) is -3.70. The molecule has 8 nitrogen and oxygen atoms in total. The molecular weight excluding hydrogens is 336 g/mol. The van der Waals surface area contributed by atoms with E-state index in [9.17, 15) is 22.8 Å². The Balaban J connectivity index is 1.91. The molecule has 0 aromatic heterocycles. The topological polar surface area (TPSA) is 101 Å². The summed E-state index contributed by atoms with van der Waals surface area (Å²) in [6, 6.07) is -1.09. The van der Waals surface area contributed by atoms with Crippen LogP contribution in [0.4, 0.5) is 0 Å². The number of ketones is 1. The Labute approximate surface area is 140 Å². The molecule has 2 saturated heterocycles. The summed E-state index contributed by atoms with van der Waals surface area (Å²) in [4.78, 5) is 38.5. The lowest BCUT2D eigenvalue weighted by atomic mass is 9.94. The molecule has 0 saturated carbocycles. The van der Waals surface area contributed by atoms with E-state index in [1.807, 2.05) is 6.92 Å². The largest absolute Gasteiger partial charge is 0.480 e. The predicted octanol–water partition coefficient (Wildman–Crippen LogP) is -0.344. The highest BCUT2D eigenvalue weighted by atomic mass is 32.2. The lowest BCUT2D eigenvalue weighted by Gasteiger charge is -2.28. The number of fused-ring (bicyclic) bond motifs is 1. The fourth-order valence-corrected chi connectivity index (χ4v) is 5.14. The van der Waals surface area contributed by atoms with E-state index >= 15 is 0 Å². The lowest BCUT2D eigenvalue weighted by Crippen LogP contribution is -2.48. The van der Waals surface area contributed by atoms with Gasteiger partial charge in [-0.3, -0.25) is 14.4 Å². The lowest BCUT2D eigenvalue weighted by molar-refractivity contribution is -0.145. The van der Waals surface area contributed by atoms with E-state index in [1.165, 1.54) is 17.2 Å². The van der Waals surface area contributed by atoms with E-state index in [1.54, 1.807) is 0 Å². The fraction of sp³-hybridized carbons (Fsp3) is 0.667. The van der Waals surface area contributed by atoms with Gasteiger partial charge in [0.25, 0.3) is 5.91 Å². The quantitative estimate of drug-likeness (QED) is 0.639. The van der Waals surface area contributed by atoms with Gasteiger partial charge in [-0.25, -0.2) is 12.7 Å². The minimum Gasteiger partial charge on any atom is -0.480 e. The van der Waals surface area contributed by atoms with Crippen LogP contribution in [0.15, 0.2) is 12.3 Å². The Morgan fingerprint density at radius 2 is 2.08 bits per heavy atom. The SMILES string of the molecule is CCC[C@H]1C(=O)N(S(C)(=O)=O)[C@H]2CCN(C(=O)C3OC=CC3=O)[C@H]12. The number of nitrogens with zero attached hydrogens (tertiary/aromatic N) is 2. The van der Waals surface area contributed by atoms with Gasteiger partial charge in [-0.15, -0.1) is 0 Å². The predicted molar refractivity (Wildman–Crippen MR) is 83.0 cm³/mol. The number of hydrogen-bond acceptors (Lipinski definition) is 6. The third-order valence-electron chi connectivity index (χ3n) is 4.84. The van der Waals surface area contributed by atoms with Crippen LogP contribution in [0.2, 0.25) is 0 Å². The van der Waals surface area contributed by atoms with Gasteiger partial charge in [0.2, 0.25) is 27.8 Å². The van der Waals surface area contributed by atoms with Crippen molar-refractivity contribution in [2.24, 2.45) is 5.92 Å². The molecule has 2 amide bonds. The molecule has 9 heteroatoms. The van der Waals surface area contributed by atoms with Gasteiger partial charge in [-0.2, -0.15) is 0 Å². The van der Waals surface area contributed by atoms with E-state index in [4.69, 9.17) is 4.74 Å². The van der Waals surface area contributed by atoms with Crippen molar-refractivity contribution >= 4 is 27.6 Å². The van der Waals surface area contributed by atoms with Gasteiger partial charge in [-0.1, -0.05) is 13.3 Å². The highest BCUT2D eigenvalue weighted by Crippen LogP contribution is 2.40. The smallest absolute Gasteiger partial charge is 0.272 e. The van der Waals surface area contributed by atoms with Gasteiger partial charge in [0, 0.05) is 12.6 Å². The Hall–Kier alpha value is -1.90. The maximum atomic E-state index is 12.7. The van der Waals surface area contributed by atoms with E-state index in [0.29, 0.717) is 25.8 Å². The maximum Gasteiger partial charge on any atom is 0.272 e. The number of hydrogen-bond donors (Lipinski definition) is 0. The van der Waals surface area contributed by atoms with Crippen LogP contribution in [0.25, 0.3) is 0 Å². The van der Waals surface area contributed by atoms with Crippen molar-refractivity contribution in [3.63, 3.8) is 0 Å². The van der Waals surface area contributed by atoms with Crippen molar-refractivity contribution < 1.29 is 27.5 Å². The number of sulfonamides is 1. The molecule has 3 aliphatic heterocycles. The highest BCUT2D eigenvalue weighted by molar-refractivity contribution is 7.88. The number of carbonyl (C=O) groups is 3. The van der Waals surface area contributed by atoms with Crippen molar-refractivity contribution in [2.75, 3.05) is 12.8 Å². The Kier molecular flexibility index (Phi) is 4.15. The van der Waals surface area contributed by atoms with Crippen molar-refractivity contribution in [2.45, 2.75) is 44.4 Å². The molecule has 24 heavy (non-hydrogen) atoms. The van der Waals surface area contributed by atoms with E-state index in [-0.39, 0.29) is 0 Å². The zero-order chi connectivity index (χ0) is 17.6. The van der Waals surface area contributed by atoms with Crippen molar-refractivity contribution in [3.05, 3.63) is 12.3 Å². The van der Waals surface area contributed by atoms with Crippen LogP contribution < -0.4 is 0 Å². The first-order valence-electron chi connectivity index (χ1n) is 7.97. The standard InChI is InChI=1S/C15H20N2O6S/c1-3-4-9-12-10(17(14(9)19)24(2,21)22)5-7-16(12)15(20)13-11(18)6-8-23-13/h6,8-10,12-13H,3-5,7H2,1-2H3/t9-,10+,12-,13?/m1/s1. The molecule has 2 fully saturated rings. The molecule has 0 aromatic carbocycles. The molecule has 0 aromatic rings. The molecule has 0 aliphatic carbocycles. The van der Waals surface area contributed by atoms with Crippen LogP contribution in [-0.2, 0) is 29.1 Å². The molecule has 0 bridgehead atoms. The molecule has 3 rings (SSSR count). The monoisotopic (exact) mass is 356 g/mol. The third kappa shape index (κ3) is 2.51. The van der Waals surface area contributed by atoms with Crippen LogP contribution in [0.5, 0.6) is 0 Å². The summed E-state index contributed by atoms with van der Waals surface area (Å²) < 4.78 is 30.1. The van der Waals surface area contributed by atoms with Crippen molar-refractivity contribution in [1.82, 2.24) is 9.21 Å². The first-order chi connectivity index (χ1) is 11.3. The van der Waals surface area contributed by atoms with Crippen molar-refractivity contribution in [3.8, 4) is 0 Å². The number of rotatable bonds is 4. The highest BCUT2D eigenvalue weighted by Gasteiger charge is 2.58. The number of amides is 2. The third-order valence-corrected chi connectivity index (χ3v) is 6.00. The van der Waals surface area contributed by atoms with E-state index in [2.05, 4.69) is 0 Å². The Morgan fingerprint density at radius 3 is 2.62 bits per heavy atom. The first-order valence-corrected chi connectivity index (χ1v) is 9.81. The molecule has 3 aliphatic rings. The average Bonchev–Trinajstić information content (AvgIpc) is 3.14. The van der Waals surface area contributed by atoms with Crippen LogP contribution in [0.3, 0.4) is 0 Å². The van der Waals surface area contributed by atoms with E-state index < -0.39 is 51.7 Å². The maximum absolute atomic E-state index is 12.7. The van der Waals surface area contributed by atoms with Crippen LogP contribution in [0, 0.1) is 5.92 Å². The molecule has 0 spiro atoms. The van der Waals surface area contributed by atoms with Crippen LogP contribution in [-0.4, -0.2) is 66.2 Å². The van der Waals surface area contributed by atoms with E-state index in [0.717, 1.165) is 10.6 Å². The fourth-order valence-electron chi connectivity index (χ4n) is 3.95. The molecule has 1 unspecified atom stereocenters. The van der Waals surface area contributed by atoms with Crippen LogP contribution >= 0.6 is 0 Å². The van der Waals surface area contributed by atoms with Gasteiger partial charge in [0.15, 0.2) is 0 Å². The summed E-state index contributed by atoms with van der Waals surface area (Å²) >= 11 is 0. The van der Waals surface area contributed by atoms with Gasteiger partial charge in [0.1, 0.15) is 0 Å². The van der Waals surface area contributed by atoms with Crippen molar-refractivity contribution in [1.29, 1.82) is 0 Å². The molecule has 3 heterocycles. The van der Waals surface area contributed by atoms with Gasteiger partial charge in [-0.05, 0) is 12.8 Å². The zero-order valence-corrected chi connectivity index (χ0v) is 14.4. The molecule has 0 radical (unpaired) electrons. The molecule has 0 N–H and O–H groups in total. The summed E-state index contributed by atoms with van der Waals surface area (Å²) in [6.45, 7) is 2.21. The minimum atomic E-state index is -3.70. The number of carbonyl (C=O) groups excluding carboxylic acids is 3. The Morgan fingerprint density at radius 1 is 1.38 bits per heavy atom. The second-order valence-electron chi connectivity index (χ2n) is 6.39. The second kappa shape index (κ2) is 5.87. The Bertz CT molecular complexity index is 715. The summed E-state index contributed by atoms with van der Waals surface area (Å²) in [6.07, 6.45) is 3.74. The average molecular weight is 356 g/mol. The van der Waals surface area contributed by atoms with Gasteiger partial charge in [0.05, 0.1) is 30.5 Å². The zero-order valence-electron chi connectivity index (χ0n) is 13.5. The second-order valence-corrected chi connectivity index (χ2v) is 8.25. The summed E-state index contributed by atoms with van der Waals surface area (Å²) in [5.41, 5.74) is 0. The summed E-state index contributed by atoms with van der Waals surface area (Å²) in [5.74, 6) is -1.95. The molecular formula is C15H20N2O6S. The van der Waals surface area contributed by atoms with Crippen LogP contribution in [0.1, 0.15) is 26.2 Å². The van der Waals surface area contributed by atoms with Gasteiger partial charge >= 0.3 is 0 Å². The first kappa shape index (κ1) is 16.9. The van der Waals surface area contributed by atoms with Gasteiger partial charge < -0.3 is 9.64 Å². The molecule has 4 atom stereocenters. The minimum absolute atomic E-state index is 0.306.